The van der Waals surface area contributed by atoms with E-state index in [2.05, 4.69) is 14.7 Å². The lowest BCUT2D eigenvalue weighted by molar-refractivity contribution is 0.0600. The summed E-state index contributed by atoms with van der Waals surface area (Å²) in [5, 5.41) is 0. The number of benzene rings is 1. The van der Waals surface area contributed by atoms with E-state index in [4.69, 9.17) is 0 Å². The summed E-state index contributed by atoms with van der Waals surface area (Å²) in [6, 6.07) is 6.46. The molecule has 0 unspecified atom stereocenters. The molecule has 1 rings (SSSR count). The van der Waals surface area contributed by atoms with Gasteiger partial charge in [0.15, 0.2) is 0 Å². The molecule has 0 N–H and O–H groups in total. The molecule has 114 valence electrons. The van der Waals surface area contributed by atoms with E-state index in [1.807, 2.05) is 0 Å². The Kier molecular flexibility index (Phi) is 6.65. The second-order valence-electron chi connectivity index (χ2n) is 4.18. The highest BCUT2D eigenvalue weighted by atomic mass is 19.3. The molecule has 0 saturated carbocycles. The maximum absolute atomic E-state index is 12.9. The summed E-state index contributed by atoms with van der Waals surface area (Å²) < 4.78 is 30.3. The molecule has 6 heteroatoms. The summed E-state index contributed by atoms with van der Waals surface area (Å²) >= 11 is 0. The molecule has 0 aliphatic heterocycles. The van der Waals surface area contributed by atoms with Crippen LogP contribution in [0.5, 0.6) is 0 Å². The van der Waals surface area contributed by atoms with Crippen LogP contribution in [0.4, 0.5) is 8.78 Å². The fraction of sp³-hybridized carbons (Fsp3) is 0.400. The molecule has 0 radical (unpaired) electrons. The SMILES string of the molecule is CCN=C(CC(=NC)c1ccc(C(=O)OC)cc1)C(F)F. The molecule has 0 atom stereocenters. The van der Waals surface area contributed by atoms with E-state index < -0.39 is 12.4 Å². The third kappa shape index (κ3) is 4.73. The predicted molar refractivity (Wildman–Crippen MR) is 78.8 cm³/mol. The molecule has 0 aliphatic carbocycles. The van der Waals surface area contributed by atoms with Gasteiger partial charge in [-0.2, -0.15) is 0 Å². The number of hydrogen-bond acceptors (Lipinski definition) is 4. The van der Waals surface area contributed by atoms with E-state index in [9.17, 15) is 13.6 Å². The van der Waals surface area contributed by atoms with Crippen molar-refractivity contribution in [2.24, 2.45) is 9.98 Å². The minimum Gasteiger partial charge on any atom is -0.465 e. The van der Waals surface area contributed by atoms with Crippen LogP contribution in [0.15, 0.2) is 34.3 Å². The van der Waals surface area contributed by atoms with Gasteiger partial charge in [0.1, 0.15) is 0 Å². The number of carbonyl (C=O) groups excluding carboxylic acids is 1. The highest BCUT2D eigenvalue weighted by Crippen LogP contribution is 2.12. The van der Waals surface area contributed by atoms with Gasteiger partial charge in [0.25, 0.3) is 6.43 Å². The van der Waals surface area contributed by atoms with Gasteiger partial charge in [-0.25, -0.2) is 13.6 Å². The second-order valence-corrected chi connectivity index (χ2v) is 4.18. The molecule has 0 saturated heterocycles. The van der Waals surface area contributed by atoms with E-state index in [1.165, 1.54) is 7.11 Å². The third-order valence-corrected chi connectivity index (χ3v) is 2.87. The van der Waals surface area contributed by atoms with Gasteiger partial charge in [-0.1, -0.05) is 12.1 Å². The molecule has 0 heterocycles. The average molecular weight is 296 g/mol. The lowest BCUT2D eigenvalue weighted by Gasteiger charge is -2.09. The lowest BCUT2D eigenvalue weighted by atomic mass is 10.0. The van der Waals surface area contributed by atoms with Crippen LogP contribution in [0.25, 0.3) is 0 Å². The Labute approximate surface area is 122 Å². The number of methoxy groups -OCH3 is 1. The second kappa shape index (κ2) is 8.24. The minimum absolute atomic E-state index is 0.0143. The largest absolute Gasteiger partial charge is 0.465 e. The summed E-state index contributed by atoms with van der Waals surface area (Å²) in [5.41, 5.74) is 1.39. The molecule has 1 aromatic carbocycles. The number of rotatable bonds is 6. The normalized spacial score (nSPS) is 12.7. The van der Waals surface area contributed by atoms with Gasteiger partial charge in [-0.3, -0.25) is 9.98 Å². The summed E-state index contributed by atoms with van der Waals surface area (Å²) in [5.74, 6) is -0.447. The number of hydrogen-bond donors (Lipinski definition) is 0. The van der Waals surface area contributed by atoms with Crippen molar-refractivity contribution in [1.82, 2.24) is 0 Å². The first-order valence-electron chi connectivity index (χ1n) is 6.49. The Morgan fingerprint density at radius 1 is 1.24 bits per heavy atom. The maximum atomic E-state index is 12.9. The van der Waals surface area contributed by atoms with E-state index in [-0.39, 0.29) is 12.1 Å². The summed E-state index contributed by atoms with van der Waals surface area (Å²) in [6.07, 6.45) is -2.62. The Morgan fingerprint density at radius 2 is 1.81 bits per heavy atom. The quantitative estimate of drug-likeness (QED) is 0.598. The van der Waals surface area contributed by atoms with Crippen LogP contribution < -0.4 is 0 Å². The number of alkyl halides is 2. The van der Waals surface area contributed by atoms with Crippen LogP contribution in [0.2, 0.25) is 0 Å². The molecule has 1 aromatic rings. The fourth-order valence-electron chi connectivity index (χ4n) is 1.80. The van der Waals surface area contributed by atoms with Crippen LogP contribution in [0.3, 0.4) is 0 Å². The molecule has 0 fully saturated rings. The van der Waals surface area contributed by atoms with E-state index in [0.717, 1.165) is 0 Å². The van der Waals surface area contributed by atoms with Gasteiger partial charge in [0.05, 0.1) is 18.4 Å². The predicted octanol–water partition coefficient (Wildman–Crippen LogP) is 3.01. The molecule has 0 aliphatic rings. The number of aliphatic imine (C=N–C) groups is 2. The van der Waals surface area contributed by atoms with E-state index >= 15 is 0 Å². The van der Waals surface area contributed by atoms with Gasteiger partial charge in [0, 0.05) is 25.7 Å². The van der Waals surface area contributed by atoms with Crippen molar-refractivity contribution < 1.29 is 18.3 Å². The van der Waals surface area contributed by atoms with Crippen molar-refractivity contribution in [1.29, 1.82) is 0 Å². The number of carbonyl (C=O) groups is 1. The summed E-state index contributed by atoms with van der Waals surface area (Å²) in [7, 11) is 2.84. The van der Waals surface area contributed by atoms with Crippen molar-refractivity contribution in [2.75, 3.05) is 20.7 Å². The zero-order valence-electron chi connectivity index (χ0n) is 12.3. The van der Waals surface area contributed by atoms with Crippen LogP contribution >= 0.6 is 0 Å². The summed E-state index contributed by atoms with van der Waals surface area (Å²) in [4.78, 5) is 19.2. The molecule has 0 aromatic heterocycles. The zero-order chi connectivity index (χ0) is 15.8. The molecule has 21 heavy (non-hydrogen) atoms. The Bertz CT molecular complexity index is 537. The first-order valence-corrected chi connectivity index (χ1v) is 6.49. The molecular formula is C15H18F2N2O2. The zero-order valence-corrected chi connectivity index (χ0v) is 12.3. The van der Waals surface area contributed by atoms with Crippen molar-refractivity contribution in [3.8, 4) is 0 Å². The van der Waals surface area contributed by atoms with Gasteiger partial charge in [-0.05, 0) is 24.6 Å². The van der Waals surface area contributed by atoms with Crippen LogP contribution in [-0.2, 0) is 4.74 Å². The van der Waals surface area contributed by atoms with Crippen molar-refractivity contribution in [3.63, 3.8) is 0 Å². The summed E-state index contributed by atoms with van der Waals surface area (Å²) in [6.45, 7) is 2.01. The van der Waals surface area contributed by atoms with Crippen molar-refractivity contribution in [3.05, 3.63) is 35.4 Å². The first kappa shape index (κ1) is 16.9. The molecule has 0 bridgehead atoms. The number of halogens is 2. The number of nitrogens with zero attached hydrogens (tertiary/aromatic N) is 2. The number of ether oxygens (including phenoxy) is 1. The van der Waals surface area contributed by atoms with Gasteiger partial charge in [-0.15, -0.1) is 0 Å². The minimum atomic E-state index is -2.60. The highest BCUT2D eigenvalue weighted by Gasteiger charge is 2.16. The van der Waals surface area contributed by atoms with Crippen molar-refractivity contribution >= 4 is 17.4 Å². The first-order chi connectivity index (χ1) is 10.0. The Hall–Kier alpha value is -2.11. The smallest absolute Gasteiger partial charge is 0.337 e. The Balaban J connectivity index is 2.96. The monoisotopic (exact) mass is 296 g/mol. The molecule has 0 amide bonds. The van der Waals surface area contributed by atoms with Gasteiger partial charge >= 0.3 is 5.97 Å². The third-order valence-electron chi connectivity index (χ3n) is 2.87. The molecular weight excluding hydrogens is 278 g/mol. The number of esters is 1. The van der Waals surface area contributed by atoms with E-state index in [1.54, 1.807) is 38.2 Å². The average Bonchev–Trinajstić information content (AvgIpc) is 2.50. The van der Waals surface area contributed by atoms with Gasteiger partial charge < -0.3 is 4.74 Å². The van der Waals surface area contributed by atoms with Gasteiger partial charge in [0.2, 0.25) is 0 Å². The fourth-order valence-corrected chi connectivity index (χ4v) is 1.80. The lowest BCUT2D eigenvalue weighted by Crippen LogP contribution is -2.17. The van der Waals surface area contributed by atoms with Crippen LogP contribution in [0, 0.1) is 0 Å². The molecule has 4 nitrogen and oxygen atoms in total. The molecule has 0 spiro atoms. The Morgan fingerprint density at radius 3 is 2.24 bits per heavy atom. The van der Waals surface area contributed by atoms with Crippen molar-refractivity contribution in [2.45, 2.75) is 19.8 Å². The highest BCUT2D eigenvalue weighted by molar-refractivity contribution is 6.13. The maximum Gasteiger partial charge on any atom is 0.337 e. The topological polar surface area (TPSA) is 51.0 Å². The van der Waals surface area contributed by atoms with E-state index in [0.29, 0.717) is 23.4 Å². The standard InChI is InChI=1S/C15H18F2N2O2/c1-4-19-13(14(16)17)9-12(18-2)10-5-7-11(8-6-10)15(20)21-3/h5-8,14H,4,9H2,1-3H3. The van der Waals surface area contributed by atoms with Crippen LogP contribution in [-0.4, -0.2) is 44.5 Å². The van der Waals surface area contributed by atoms with Crippen LogP contribution in [0.1, 0.15) is 29.3 Å².